The van der Waals surface area contributed by atoms with E-state index >= 15 is 0 Å². The third-order valence-electron chi connectivity index (χ3n) is 8.26. The van der Waals surface area contributed by atoms with E-state index in [0.717, 1.165) is 24.0 Å². The van der Waals surface area contributed by atoms with Crippen molar-refractivity contribution in [3.05, 3.63) is 60.2 Å². The van der Waals surface area contributed by atoms with Crippen molar-refractivity contribution < 1.29 is 23.7 Å². The average Bonchev–Trinajstić information content (AvgIpc) is 3.01. The van der Waals surface area contributed by atoms with Crippen LogP contribution in [0.1, 0.15) is 43.5 Å². The Balaban J connectivity index is 1.61. The van der Waals surface area contributed by atoms with Crippen LogP contribution in [0.5, 0.6) is 23.0 Å². The lowest BCUT2D eigenvalue weighted by atomic mass is 9.78. The van der Waals surface area contributed by atoms with E-state index in [4.69, 9.17) is 28.9 Å². The summed E-state index contributed by atoms with van der Waals surface area (Å²) in [6.07, 6.45) is 3.34. The first kappa shape index (κ1) is 28.2. The van der Waals surface area contributed by atoms with Crippen LogP contribution in [0.3, 0.4) is 0 Å². The maximum absolute atomic E-state index is 13.3. The fraction of sp³-hybridized carbons (Fsp3) is 0.364. The third kappa shape index (κ3) is 5.64. The van der Waals surface area contributed by atoms with Gasteiger partial charge in [0, 0.05) is 22.7 Å². The zero-order valence-corrected chi connectivity index (χ0v) is 24.5. The highest BCUT2D eigenvalue weighted by Gasteiger charge is 2.28. The summed E-state index contributed by atoms with van der Waals surface area (Å²) in [7, 11) is 6.40. The van der Waals surface area contributed by atoms with Crippen LogP contribution in [0.15, 0.2) is 54.6 Å². The van der Waals surface area contributed by atoms with Crippen molar-refractivity contribution in [3.63, 3.8) is 0 Å². The summed E-state index contributed by atoms with van der Waals surface area (Å²) in [5, 5.41) is 3.27. The molecule has 0 unspecified atom stereocenters. The Hall–Kier alpha value is -4.33. The Morgan fingerprint density at radius 1 is 0.707 bits per heavy atom. The van der Waals surface area contributed by atoms with Gasteiger partial charge in [0.05, 0.1) is 50.9 Å². The zero-order chi connectivity index (χ0) is 29.1. The number of methoxy groups -OCH3 is 4. The van der Waals surface area contributed by atoms with Crippen molar-refractivity contribution in [2.45, 2.75) is 39.2 Å². The number of aromatic nitrogens is 2. The van der Waals surface area contributed by atoms with Gasteiger partial charge in [0.25, 0.3) is 5.91 Å². The molecule has 0 bridgehead atoms. The lowest BCUT2D eigenvalue weighted by Gasteiger charge is -2.34. The number of ether oxygens (including phenoxy) is 4. The van der Waals surface area contributed by atoms with Crippen LogP contribution in [0, 0.1) is 11.8 Å². The van der Waals surface area contributed by atoms with E-state index in [2.05, 4.69) is 19.2 Å². The molecule has 1 heterocycles. The second-order valence-corrected chi connectivity index (χ2v) is 10.6. The first-order valence-electron chi connectivity index (χ1n) is 13.9. The Labute approximate surface area is 241 Å². The molecular weight excluding hydrogens is 518 g/mol. The SMILES string of the molecule is COc1ccc(-c2nc3ccc(C(=O)N[C@@H]4CCC[C@H](C)[C@H]4C)cc3nc2-c2ccc(OC)c(OC)c2)cc1OC. The second kappa shape index (κ2) is 12.0. The van der Waals surface area contributed by atoms with Gasteiger partial charge in [0.1, 0.15) is 0 Å². The summed E-state index contributed by atoms with van der Waals surface area (Å²) in [6, 6.07) is 16.9. The highest BCUT2D eigenvalue weighted by molar-refractivity contribution is 5.98. The van der Waals surface area contributed by atoms with Crippen LogP contribution in [0.25, 0.3) is 33.5 Å². The van der Waals surface area contributed by atoms with Crippen molar-refractivity contribution in [2.24, 2.45) is 11.8 Å². The predicted molar refractivity (Wildman–Crippen MR) is 160 cm³/mol. The molecule has 3 aromatic carbocycles. The molecule has 1 N–H and O–H groups in total. The highest BCUT2D eigenvalue weighted by Crippen LogP contribution is 2.39. The van der Waals surface area contributed by atoms with E-state index in [0.29, 0.717) is 62.8 Å². The van der Waals surface area contributed by atoms with Gasteiger partial charge >= 0.3 is 0 Å². The Morgan fingerprint density at radius 2 is 1.27 bits per heavy atom. The molecule has 1 amide bonds. The first-order chi connectivity index (χ1) is 19.9. The molecule has 1 aromatic heterocycles. The van der Waals surface area contributed by atoms with E-state index in [1.165, 1.54) is 6.42 Å². The van der Waals surface area contributed by atoms with E-state index in [-0.39, 0.29) is 11.9 Å². The van der Waals surface area contributed by atoms with Crippen molar-refractivity contribution in [1.29, 1.82) is 0 Å². The molecule has 214 valence electrons. The number of carbonyl (C=O) groups is 1. The number of benzene rings is 3. The minimum Gasteiger partial charge on any atom is -0.493 e. The van der Waals surface area contributed by atoms with E-state index in [1.807, 2.05) is 54.6 Å². The molecule has 3 atom stereocenters. The molecule has 1 aliphatic rings. The number of hydrogen-bond donors (Lipinski definition) is 1. The largest absolute Gasteiger partial charge is 0.493 e. The van der Waals surface area contributed by atoms with Crippen molar-refractivity contribution in [2.75, 3.05) is 28.4 Å². The fourth-order valence-corrected chi connectivity index (χ4v) is 5.60. The van der Waals surface area contributed by atoms with Gasteiger partial charge < -0.3 is 24.3 Å². The maximum Gasteiger partial charge on any atom is 0.251 e. The molecular formula is C33H37N3O5. The second-order valence-electron chi connectivity index (χ2n) is 10.6. The molecule has 1 saturated carbocycles. The van der Waals surface area contributed by atoms with Crippen LogP contribution in [-0.4, -0.2) is 50.4 Å². The molecule has 1 aliphatic carbocycles. The summed E-state index contributed by atoms with van der Waals surface area (Å²) in [4.78, 5) is 23.4. The molecule has 0 radical (unpaired) electrons. The van der Waals surface area contributed by atoms with Gasteiger partial charge in [0.2, 0.25) is 0 Å². The minimum absolute atomic E-state index is 0.0868. The van der Waals surface area contributed by atoms with Crippen LogP contribution in [0.4, 0.5) is 0 Å². The number of fused-ring (bicyclic) bond motifs is 1. The number of nitrogens with zero attached hydrogens (tertiary/aromatic N) is 2. The summed E-state index contributed by atoms with van der Waals surface area (Å²) in [5.74, 6) is 3.34. The van der Waals surface area contributed by atoms with E-state index in [1.54, 1.807) is 28.4 Å². The lowest BCUT2D eigenvalue weighted by molar-refractivity contribution is 0.0891. The number of amides is 1. The predicted octanol–water partition coefficient (Wildman–Crippen LogP) is 6.55. The lowest BCUT2D eigenvalue weighted by Crippen LogP contribution is -2.43. The smallest absolute Gasteiger partial charge is 0.251 e. The van der Waals surface area contributed by atoms with Crippen molar-refractivity contribution >= 4 is 16.9 Å². The molecule has 0 saturated heterocycles. The Bertz CT molecular complexity index is 1570. The molecule has 5 rings (SSSR count). The number of carbonyl (C=O) groups excluding carboxylic acids is 1. The average molecular weight is 556 g/mol. The minimum atomic E-state index is -0.0868. The normalized spacial score (nSPS) is 18.5. The van der Waals surface area contributed by atoms with E-state index in [9.17, 15) is 4.79 Å². The van der Waals surface area contributed by atoms with Gasteiger partial charge in [-0.3, -0.25) is 4.79 Å². The van der Waals surface area contributed by atoms with Gasteiger partial charge in [0.15, 0.2) is 23.0 Å². The van der Waals surface area contributed by atoms with Gasteiger partial charge in [-0.25, -0.2) is 9.97 Å². The summed E-state index contributed by atoms with van der Waals surface area (Å²) < 4.78 is 22.0. The first-order valence-corrected chi connectivity index (χ1v) is 13.9. The van der Waals surface area contributed by atoms with Crippen LogP contribution in [0.2, 0.25) is 0 Å². The standard InChI is InChI=1S/C33H37N3O5/c1-19-8-7-9-24(20(19)2)36-33(37)23-10-13-25-26(16-23)35-32(22-12-15-28(39-4)30(18-22)41-6)31(34-25)21-11-14-27(38-3)29(17-21)40-5/h10-20,24H,7-9H2,1-6H3,(H,36,37)/t19-,20+,24+/m0/s1. The molecule has 4 aromatic rings. The monoisotopic (exact) mass is 555 g/mol. The van der Waals surface area contributed by atoms with E-state index < -0.39 is 0 Å². The molecule has 0 aliphatic heterocycles. The third-order valence-corrected chi connectivity index (χ3v) is 8.26. The van der Waals surface area contributed by atoms with Crippen molar-refractivity contribution in [1.82, 2.24) is 15.3 Å². The van der Waals surface area contributed by atoms with Crippen molar-refractivity contribution in [3.8, 4) is 45.5 Å². The number of hydrogen-bond acceptors (Lipinski definition) is 7. The van der Waals surface area contributed by atoms with Gasteiger partial charge in [-0.1, -0.05) is 26.7 Å². The van der Waals surface area contributed by atoms with Gasteiger partial charge in [-0.05, 0) is 72.9 Å². The van der Waals surface area contributed by atoms with Crippen LogP contribution in [-0.2, 0) is 0 Å². The quantitative estimate of drug-likeness (QED) is 0.263. The topological polar surface area (TPSA) is 91.8 Å². The molecule has 41 heavy (non-hydrogen) atoms. The number of rotatable bonds is 8. The molecule has 8 heteroatoms. The number of nitrogens with one attached hydrogen (secondary N) is 1. The molecule has 0 spiro atoms. The Kier molecular flexibility index (Phi) is 8.28. The van der Waals surface area contributed by atoms with Gasteiger partial charge in [-0.15, -0.1) is 0 Å². The van der Waals surface area contributed by atoms with Gasteiger partial charge in [-0.2, -0.15) is 0 Å². The summed E-state index contributed by atoms with van der Waals surface area (Å²) in [5.41, 5.74) is 4.76. The highest BCUT2D eigenvalue weighted by atomic mass is 16.5. The maximum atomic E-state index is 13.3. The van der Waals surface area contributed by atoms with Crippen LogP contribution >= 0.6 is 0 Å². The summed E-state index contributed by atoms with van der Waals surface area (Å²) in [6.45, 7) is 4.49. The summed E-state index contributed by atoms with van der Waals surface area (Å²) >= 11 is 0. The molecule has 8 nitrogen and oxygen atoms in total. The zero-order valence-electron chi connectivity index (χ0n) is 24.5. The molecule has 1 fully saturated rings. The fourth-order valence-electron chi connectivity index (χ4n) is 5.60. The Morgan fingerprint density at radius 3 is 1.83 bits per heavy atom. The van der Waals surface area contributed by atoms with Crippen LogP contribution < -0.4 is 24.3 Å².